The molecule has 14 atom stereocenters. The highest BCUT2D eigenvalue weighted by atomic mass is 32.3. The molecule has 0 aromatic carbocycles. The number of aliphatic hydroxyl groups excluding tert-OH is 6. The molecule has 19 heteroatoms. The van der Waals surface area contributed by atoms with E-state index in [1.165, 1.54) is 0 Å². The van der Waals surface area contributed by atoms with Gasteiger partial charge in [0.25, 0.3) is 0 Å². The van der Waals surface area contributed by atoms with E-state index in [1.54, 1.807) is 0 Å². The van der Waals surface area contributed by atoms with E-state index >= 15 is 0 Å². The average molecular weight is 553 g/mol. The van der Waals surface area contributed by atoms with Crippen molar-refractivity contribution in [3.05, 3.63) is 0 Å². The normalized spacial score (nSPS) is 47.8. The largest absolute Gasteiger partial charge is 0.394 e. The van der Waals surface area contributed by atoms with Gasteiger partial charge in [-0.25, -0.2) is 0 Å². The van der Waals surface area contributed by atoms with Gasteiger partial charge in [0.05, 0.1) is 18.8 Å². The van der Waals surface area contributed by atoms with E-state index in [-0.39, 0.29) is 13.0 Å². The lowest BCUT2D eigenvalue weighted by Crippen LogP contribution is -2.68. The van der Waals surface area contributed by atoms with Crippen molar-refractivity contribution in [2.75, 3.05) is 13.2 Å². The molecular formula is C17H36N4O14S. The van der Waals surface area contributed by atoms with E-state index in [9.17, 15) is 30.6 Å². The van der Waals surface area contributed by atoms with Gasteiger partial charge in [0.15, 0.2) is 12.6 Å². The minimum atomic E-state index is -4.67. The Morgan fingerprint density at radius 1 is 0.750 bits per heavy atom. The van der Waals surface area contributed by atoms with Crippen molar-refractivity contribution in [1.29, 1.82) is 0 Å². The maximum atomic E-state index is 10.6. The van der Waals surface area contributed by atoms with Crippen molar-refractivity contribution in [2.45, 2.75) is 92.1 Å². The predicted octanol–water partition coefficient (Wildman–Crippen LogP) is -7.31. The molecule has 2 saturated heterocycles. The molecular weight excluding hydrogens is 516 g/mol. The number of nitrogens with two attached hydrogens (primary N) is 4. The molecule has 214 valence electrons. The van der Waals surface area contributed by atoms with Crippen LogP contribution in [0, 0.1) is 0 Å². The molecule has 36 heavy (non-hydrogen) atoms. The lowest BCUT2D eigenvalue weighted by Gasteiger charge is -2.47. The van der Waals surface area contributed by atoms with Gasteiger partial charge >= 0.3 is 10.4 Å². The fourth-order valence-corrected chi connectivity index (χ4v) is 4.16. The van der Waals surface area contributed by atoms with Crippen molar-refractivity contribution in [3.8, 4) is 0 Å². The zero-order valence-corrected chi connectivity index (χ0v) is 19.8. The van der Waals surface area contributed by atoms with Gasteiger partial charge in [-0.05, 0) is 6.42 Å². The zero-order valence-electron chi connectivity index (χ0n) is 18.9. The number of ether oxygens (including phenoxy) is 4. The lowest BCUT2D eigenvalue weighted by atomic mass is 9.84. The predicted molar refractivity (Wildman–Crippen MR) is 116 cm³/mol. The molecule has 2 heterocycles. The molecule has 1 saturated carbocycles. The average Bonchev–Trinajstić information content (AvgIpc) is 3.06. The Bertz CT molecular complexity index is 787. The first kappa shape index (κ1) is 31.5. The van der Waals surface area contributed by atoms with E-state index in [0.29, 0.717) is 0 Å². The molecule has 1 aliphatic carbocycles. The van der Waals surface area contributed by atoms with Crippen LogP contribution >= 0.6 is 0 Å². The first-order chi connectivity index (χ1) is 16.6. The number of aliphatic hydroxyl groups is 6. The summed E-state index contributed by atoms with van der Waals surface area (Å²) in [4.78, 5) is 0. The minimum Gasteiger partial charge on any atom is -0.394 e. The third kappa shape index (κ3) is 7.68. The molecule has 0 aromatic heterocycles. The molecule has 14 unspecified atom stereocenters. The van der Waals surface area contributed by atoms with Crippen molar-refractivity contribution >= 4 is 10.4 Å². The third-order valence-electron chi connectivity index (χ3n) is 6.13. The Labute approximate surface area is 206 Å². The number of hydrogen-bond acceptors (Lipinski definition) is 16. The SMILES string of the molecule is NCC1OC(OC2C(N)CC(N)C(O)C2OC2OC(CO)C(O)C2O)C(N)C(O)C1O.O=S(=O)(O)O. The van der Waals surface area contributed by atoms with Crippen molar-refractivity contribution in [3.63, 3.8) is 0 Å². The van der Waals surface area contributed by atoms with Gasteiger partial charge in [0.2, 0.25) is 0 Å². The van der Waals surface area contributed by atoms with Crippen LogP contribution in [0.4, 0.5) is 0 Å². The Morgan fingerprint density at radius 2 is 1.25 bits per heavy atom. The summed E-state index contributed by atoms with van der Waals surface area (Å²) in [5, 5.41) is 60.2. The van der Waals surface area contributed by atoms with Gasteiger partial charge in [-0.3, -0.25) is 9.11 Å². The van der Waals surface area contributed by atoms with Crippen molar-refractivity contribution < 1.29 is 67.1 Å². The third-order valence-corrected chi connectivity index (χ3v) is 6.13. The minimum absolute atomic E-state index is 0.114. The standard InChI is InChI=1S/C17H34N4O10.H2O4S/c18-2-6-10(24)12(26)8(21)16(28-6)30-14-5(20)1-4(19)9(23)15(14)31-17-13(27)11(25)7(3-22)29-17;1-5(2,3)4/h4-17,22-27H,1-3,18-21H2;(H2,1,2,3,4). The molecule has 0 amide bonds. The summed E-state index contributed by atoms with van der Waals surface area (Å²) in [5.74, 6) is 0. The smallest absolute Gasteiger partial charge is 0.394 e. The van der Waals surface area contributed by atoms with Crippen LogP contribution in [0.3, 0.4) is 0 Å². The van der Waals surface area contributed by atoms with Crippen LogP contribution < -0.4 is 22.9 Å². The van der Waals surface area contributed by atoms with Crippen LogP contribution in [-0.2, 0) is 29.3 Å². The van der Waals surface area contributed by atoms with Gasteiger partial charge in [-0.1, -0.05) is 0 Å². The molecule has 3 fully saturated rings. The van der Waals surface area contributed by atoms with E-state index in [2.05, 4.69) is 0 Å². The number of rotatable bonds is 6. The van der Waals surface area contributed by atoms with Crippen LogP contribution in [0.15, 0.2) is 0 Å². The molecule has 18 nitrogen and oxygen atoms in total. The maximum absolute atomic E-state index is 10.6. The summed E-state index contributed by atoms with van der Waals surface area (Å²) >= 11 is 0. The molecule has 0 aromatic rings. The first-order valence-electron chi connectivity index (χ1n) is 10.9. The first-order valence-corrected chi connectivity index (χ1v) is 12.3. The van der Waals surface area contributed by atoms with Crippen LogP contribution in [0.5, 0.6) is 0 Å². The van der Waals surface area contributed by atoms with Gasteiger partial charge in [0.1, 0.15) is 48.8 Å². The molecule has 3 aliphatic rings. The summed E-state index contributed by atoms with van der Waals surface area (Å²) < 4.78 is 54.0. The maximum Gasteiger partial charge on any atom is 0.394 e. The summed E-state index contributed by atoms with van der Waals surface area (Å²) in [5.41, 5.74) is 23.6. The molecule has 0 bridgehead atoms. The van der Waals surface area contributed by atoms with Crippen molar-refractivity contribution in [2.24, 2.45) is 22.9 Å². The summed E-state index contributed by atoms with van der Waals surface area (Å²) in [7, 11) is -4.67. The number of hydrogen-bond donors (Lipinski definition) is 12. The van der Waals surface area contributed by atoms with E-state index in [1.807, 2.05) is 0 Å². The monoisotopic (exact) mass is 552 g/mol. The van der Waals surface area contributed by atoms with E-state index < -0.39 is 103 Å². The second-order valence-electron chi connectivity index (χ2n) is 8.75. The van der Waals surface area contributed by atoms with Crippen molar-refractivity contribution in [1.82, 2.24) is 0 Å². The molecule has 0 spiro atoms. The van der Waals surface area contributed by atoms with Gasteiger partial charge < -0.3 is 72.5 Å². The van der Waals surface area contributed by atoms with Crippen LogP contribution in [0.2, 0.25) is 0 Å². The second kappa shape index (κ2) is 12.9. The zero-order chi connectivity index (χ0) is 27.5. The highest BCUT2D eigenvalue weighted by molar-refractivity contribution is 7.79. The summed E-state index contributed by atoms with van der Waals surface area (Å²) in [6.07, 6.45) is -13.8. The molecule has 2 aliphatic heterocycles. The molecule has 0 radical (unpaired) electrons. The van der Waals surface area contributed by atoms with Gasteiger partial charge in [-0.2, -0.15) is 8.42 Å². The Morgan fingerprint density at radius 3 is 1.75 bits per heavy atom. The summed E-state index contributed by atoms with van der Waals surface area (Å²) in [6.45, 7) is -0.673. The lowest BCUT2D eigenvalue weighted by molar-refractivity contribution is -0.306. The quantitative estimate of drug-likeness (QED) is 0.136. The summed E-state index contributed by atoms with van der Waals surface area (Å²) in [6, 6.07) is -2.72. The fraction of sp³-hybridized carbons (Fsp3) is 1.00. The van der Waals surface area contributed by atoms with Crippen LogP contribution in [0.1, 0.15) is 6.42 Å². The van der Waals surface area contributed by atoms with Crippen LogP contribution in [0.25, 0.3) is 0 Å². The van der Waals surface area contributed by atoms with Gasteiger partial charge in [-0.15, -0.1) is 0 Å². The second-order valence-corrected chi connectivity index (χ2v) is 9.64. The molecule has 16 N–H and O–H groups in total. The highest BCUT2D eigenvalue weighted by Gasteiger charge is 2.52. The fourth-order valence-electron chi connectivity index (χ4n) is 4.16. The topological polar surface area (TPSA) is 337 Å². The van der Waals surface area contributed by atoms with Gasteiger partial charge in [0, 0.05) is 18.6 Å². The Kier molecular flexibility index (Phi) is 11.3. The Hall–Kier alpha value is -0.690. The Balaban J connectivity index is 0.000000830. The molecule has 3 rings (SSSR count). The highest BCUT2D eigenvalue weighted by Crippen LogP contribution is 2.31. The van der Waals surface area contributed by atoms with E-state index in [4.69, 9.17) is 59.4 Å². The van der Waals surface area contributed by atoms with E-state index in [0.717, 1.165) is 0 Å². The van der Waals surface area contributed by atoms with Crippen LogP contribution in [-0.4, -0.2) is 147 Å².